The molecule has 0 unspecified atom stereocenters. The molecule has 0 spiro atoms. The van der Waals surface area contributed by atoms with Gasteiger partial charge >= 0.3 is 0 Å². The molecule has 0 radical (unpaired) electrons. The molecule has 0 saturated heterocycles. The number of unbranched alkanes of at least 4 members (excludes halogenated alkanes) is 1. The average molecular weight is 221 g/mol. The Balaban J connectivity index is 2.70. The lowest BCUT2D eigenvalue weighted by Gasteiger charge is -2.06. The fourth-order valence-corrected chi connectivity index (χ4v) is 1.62. The van der Waals surface area contributed by atoms with Crippen molar-refractivity contribution in [2.75, 3.05) is 6.54 Å². The van der Waals surface area contributed by atoms with E-state index in [1.54, 1.807) is 13.0 Å². The zero-order valence-corrected chi connectivity index (χ0v) is 9.27. The molecule has 0 heterocycles. The van der Waals surface area contributed by atoms with Gasteiger partial charge in [0.1, 0.15) is 5.75 Å². The minimum atomic E-state index is 0.0494. The van der Waals surface area contributed by atoms with E-state index in [0.29, 0.717) is 24.0 Å². The molecule has 0 amide bonds. The van der Waals surface area contributed by atoms with E-state index >= 15 is 0 Å². The number of phenols is 1. The van der Waals surface area contributed by atoms with E-state index in [9.17, 15) is 14.8 Å². The molecule has 4 heteroatoms. The molecule has 0 saturated carbocycles. The first-order valence-electron chi connectivity index (χ1n) is 5.26. The molecular weight excluding hydrogens is 206 g/mol. The maximum atomic E-state index is 10.7. The van der Waals surface area contributed by atoms with Crippen molar-refractivity contribution >= 4 is 6.29 Å². The van der Waals surface area contributed by atoms with Crippen LogP contribution in [0, 0.1) is 11.8 Å². The molecule has 0 bridgehead atoms. The van der Waals surface area contributed by atoms with Crippen molar-refractivity contribution in [1.29, 1.82) is 0 Å². The number of aryl methyl sites for hydroxylation is 2. The van der Waals surface area contributed by atoms with E-state index < -0.39 is 0 Å². The van der Waals surface area contributed by atoms with Gasteiger partial charge in [-0.15, -0.1) is 0 Å². The molecular formula is C12H15NO3. The highest BCUT2D eigenvalue weighted by molar-refractivity contribution is 5.80. The SMILES string of the molecule is Cc1cc(CCCCN=O)cc(C=O)c1O. The molecule has 1 N–H and O–H groups in total. The number of hydrogen-bond acceptors (Lipinski definition) is 4. The number of hydrogen-bond donors (Lipinski definition) is 1. The summed E-state index contributed by atoms with van der Waals surface area (Å²) in [5, 5.41) is 12.3. The quantitative estimate of drug-likeness (QED) is 0.456. The number of nitroso groups, excluding NO2 is 1. The van der Waals surface area contributed by atoms with Crippen LogP contribution in [0.3, 0.4) is 0 Å². The Hall–Kier alpha value is -1.71. The Bertz CT molecular complexity index is 388. The van der Waals surface area contributed by atoms with Gasteiger partial charge < -0.3 is 5.11 Å². The highest BCUT2D eigenvalue weighted by Gasteiger charge is 2.05. The summed E-state index contributed by atoms with van der Waals surface area (Å²) in [5.74, 6) is 0.0494. The standard InChI is InChI=1S/C12H15NO3/c1-9-6-10(4-2-3-5-13-16)7-11(8-14)12(9)15/h6-8,15H,2-5H2,1H3. The topological polar surface area (TPSA) is 66.7 Å². The maximum Gasteiger partial charge on any atom is 0.153 e. The molecule has 0 aliphatic heterocycles. The normalized spacial score (nSPS) is 10.1. The van der Waals surface area contributed by atoms with Crippen LogP contribution in [-0.2, 0) is 6.42 Å². The van der Waals surface area contributed by atoms with Gasteiger partial charge in [-0.3, -0.25) is 4.79 Å². The molecule has 1 aromatic carbocycles. The van der Waals surface area contributed by atoms with Crippen molar-refractivity contribution in [2.24, 2.45) is 5.18 Å². The van der Waals surface area contributed by atoms with E-state index in [4.69, 9.17) is 0 Å². The highest BCUT2D eigenvalue weighted by atomic mass is 16.3. The third kappa shape index (κ3) is 3.15. The maximum absolute atomic E-state index is 10.7. The van der Waals surface area contributed by atoms with Gasteiger partial charge in [-0.1, -0.05) is 11.2 Å². The van der Waals surface area contributed by atoms with Crippen LogP contribution >= 0.6 is 0 Å². The minimum absolute atomic E-state index is 0.0494. The first kappa shape index (κ1) is 12.4. The fourth-order valence-electron chi connectivity index (χ4n) is 1.62. The van der Waals surface area contributed by atoms with Gasteiger partial charge in [0.05, 0.1) is 12.1 Å². The van der Waals surface area contributed by atoms with Crippen molar-refractivity contribution in [3.63, 3.8) is 0 Å². The monoisotopic (exact) mass is 221 g/mol. The summed E-state index contributed by atoms with van der Waals surface area (Å²) in [4.78, 5) is 20.6. The zero-order valence-electron chi connectivity index (χ0n) is 9.27. The van der Waals surface area contributed by atoms with E-state index in [2.05, 4.69) is 5.18 Å². The first-order chi connectivity index (χ1) is 7.69. The predicted octanol–water partition coefficient (Wildman–Crippen LogP) is 2.60. The molecule has 0 fully saturated rings. The van der Waals surface area contributed by atoms with Gasteiger partial charge in [-0.05, 0) is 43.4 Å². The van der Waals surface area contributed by atoms with E-state index in [1.165, 1.54) is 0 Å². The van der Waals surface area contributed by atoms with Gasteiger partial charge in [0, 0.05) is 0 Å². The molecule has 1 rings (SSSR count). The summed E-state index contributed by atoms with van der Waals surface area (Å²) >= 11 is 0. The van der Waals surface area contributed by atoms with Gasteiger partial charge in [0.2, 0.25) is 0 Å². The van der Waals surface area contributed by atoms with Crippen molar-refractivity contribution in [3.05, 3.63) is 33.7 Å². The van der Waals surface area contributed by atoms with Crippen LogP contribution in [0.5, 0.6) is 5.75 Å². The number of nitrogens with zero attached hydrogens (tertiary/aromatic N) is 1. The summed E-state index contributed by atoms with van der Waals surface area (Å²) in [6, 6.07) is 3.54. The molecule has 4 nitrogen and oxygen atoms in total. The van der Waals surface area contributed by atoms with Crippen LogP contribution in [0.2, 0.25) is 0 Å². The van der Waals surface area contributed by atoms with Crippen molar-refractivity contribution in [3.8, 4) is 5.75 Å². The number of benzene rings is 1. The van der Waals surface area contributed by atoms with Crippen molar-refractivity contribution < 1.29 is 9.90 Å². The van der Waals surface area contributed by atoms with E-state index in [0.717, 1.165) is 24.8 Å². The third-order valence-corrected chi connectivity index (χ3v) is 2.48. The number of aromatic hydroxyl groups is 1. The Labute approximate surface area is 94.3 Å². The summed E-state index contributed by atoms with van der Waals surface area (Å²) in [6.45, 7) is 2.09. The molecule has 0 aromatic heterocycles. The second-order valence-corrected chi connectivity index (χ2v) is 3.78. The Kier molecular flexibility index (Phi) is 4.64. The second kappa shape index (κ2) is 6.00. The molecule has 0 aliphatic rings. The number of aldehydes is 1. The van der Waals surface area contributed by atoms with Gasteiger partial charge in [-0.25, -0.2) is 0 Å². The first-order valence-corrected chi connectivity index (χ1v) is 5.26. The smallest absolute Gasteiger partial charge is 0.153 e. The average Bonchev–Trinajstić information content (AvgIpc) is 2.29. The predicted molar refractivity (Wildman–Crippen MR) is 61.8 cm³/mol. The highest BCUT2D eigenvalue weighted by Crippen LogP contribution is 2.23. The Morgan fingerprint density at radius 2 is 2.12 bits per heavy atom. The lowest BCUT2D eigenvalue weighted by atomic mass is 10.0. The Morgan fingerprint density at radius 3 is 2.75 bits per heavy atom. The van der Waals surface area contributed by atoms with E-state index in [-0.39, 0.29) is 5.75 Å². The van der Waals surface area contributed by atoms with Crippen LogP contribution in [0.4, 0.5) is 0 Å². The van der Waals surface area contributed by atoms with Crippen LogP contribution in [0.1, 0.15) is 34.3 Å². The summed E-state index contributed by atoms with van der Waals surface area (Å²) < 4.78 is 0. The summed E-state index contributed by atoms with van der Waals surface area (Å²) in [5.41, 5.74) is 2.03. The summed E-state index contributed by atoms with van der Waals surface area (Å²) in [7, 11) is 0. The number of rotatable bonds is 6. The largest absolute Gasteiger partial charge is 0.507 e. The van der Waals surface area contributed by atoms with Crippen LogP contribution < -0.4 is 0 Å². The lowest BCUT2D eigenvalue weighted by molar-refractivity contribution is 0.112. The Morgan fingerprint density at radius 1 is 1.38 bits per heavy atom. The molecule has 1 aromatic rings. The lowest BCUT2D eigenvalue weighted by Crippen LogP contribution is -1.93. The number of carbonyl (C=O) groups is 1. The fraction of sp³-hybridized carbons (Fsp3) is 0.417. The van der Waals surface area contributed by atoms with Gasteiger partial charge in [0.15, 0.2) is 6.29 Å². The second-order valence-electron chi connectivity index (χ2n) is 3.78. The van der Waals surface area contributed by atoms with E-state index in [1.807, 2.05) is 6.07 Å². The van der Waals surface area contributed by atoms with Gasteiger partial charge in [0.25, 0.3) is 0 Å². The van der Waals surface area contributed by atoms with Gasteiger partial charge in [-0.2, -0.15) is 4.91 Å². The third-order valence-electron chi connectivity index (χ3n) is 2.48. The van der Waals surface area contributed by atoms with Crippen molar-refractivity contribution in [1.82, 2.24) is 0 Å². The molecule has 16 heavy (non-hydrogen) atoms. The van der Waals surface area contributed by atoms with Crippen molar-refractivity contribution in [2.45, 2.75) is 26.2 Å². The molecule has 0 aliphatic carbocycles. The van der Waals surface area contributed by atoms with Crippen LogP contribution in [-0.4, -0.2) is 17.9 Å². The van der Waals surface area contributed by atoms with Crippen LogP contribution in [0.25, 0.3) is 0 Å². The minimum Gasteiger partial charge on any atom is -0.507 e. The number of phenolic OH excluding ortho intramolecular Hbond substituents is 1. The number of carbonyl (C=O) groups excluding carboxylic acids is 1. The molecule has 0 atom stereocenters. The zero-order chi connectivity index (χ0) is 12.0. The molecule has 86 valence electrons. The van der Waals surface area contributed by atoms with Crippen LogP contribution in [0.15, 0.2) is 17.3 Å². The summed E-state index contributed by atoms with van der Waals surface area (Å²) in [6.07, 6.45) is 3.05.